The molecule has 1 aliphatic rings. The fraction of sp³-hybridized carbons (Fsp3) is 0.500. The average molecular weight is 234 g/mol. The number of ketones is 1. The van der Waals surface area contributed by atoms with Crippen LogP contribution in [0, 0.1) is 12.8 Å². The summed E-state index contributed by atoms with van der Waals surface area (Å²) in [5, 5.41) is 9.42. The van der Waals surface area contributed by atoms with Gasteiger partial charge in [0.1, 0.15) is 5.75 Å². The molecule has 0 bridgehead atoms. The van der Waals surface area contributed by atoms with Gasteiger partial charge in [0.25, 0.3) is 0 Å². The van der Waals surface area contributed by atoms with Crippen LogP contribution in [0.3, 0.4) is 0 Å². The number of carbonyl (C=O) groups excluding carboxylic acids is 1. The Bertz CT molecular complexity index is 406. The molecule has 1 saturated heterocycles. The van der Waals surface area contributed by atoms with Crippen molar-refractivity contribution in [1.29, 1.82) is 0 Å². The van der Waals surface area contributed by atoms with E-state index in [1.165, 1.54) is 0 Å². The topological polar surface area (TPSA) is 46.5 Å². The molecule has 3 heteroatoms. The number of phenols is 1. The number of benzene rings is 1. The molecule has 0 aromatic heterocycles. The van der Waals surface area contributed by atoms with Crippen molar-refractivity contribution in [3.8, 4) is 5.75 Å². The zero-order valence-electron chi connectivity index (χ0n) is 10.1. The lowest BCUT2D eigenvalue weighted by molar-refractivity contribution is 0.0600. The number of hydrogen-bond acceptors (Lipinski definition) is 3. The Morgan fingerprint density at radius 3 is 2.82 bits per heavy atom. The SMILES string of the molecule is Cc1ccc(O)cc1C(=O)CC1CCOCC1. The van der Waals surface area contributed by atoms with Gasteiger partial charge in [-0.15, -0.1) is 0 Å². The Kier molecular flexibility index (Phi) is 3.79. The molecule has 0 amide bonds. The van der Waals surface area contributed by atoms with Crippen molar-refractivity contribution in [1.82, 2.24) is 0 Å². The monoisotopic (exact) mass is 234 g/mol. The molecule has 0 saturated carbocycles. The number of aromatic hydroxyl groups is 1. The molecule has 0 spiro atoms. The maximum Gasteiger partial charge on any atom is 0.163 e. The first-order valence-corrected chi connectivity index (χ1v) is 6.07. The zero-order chi connectivity index (χ0) is 12.3. The molecular weight excluding hydrogens is 216 g/mol. The third-order valence-electron chi connectivity index (χ3n) is 3.34. The fourth-order valence-electron chi connectivity index (χ4n) is 2.23. The summed E-state index contributed by atoms with van der Waals surface area (Å²) in [7, 11) is 0. The third-order valence-corrected chi connectivity index (χ3v) is 3.34. The van der Waals surface area contributed by atoms with Crippen LogP contribution in [0.1, 0.15) is 35.2 Å². The molecular formula is C14H18O3. The minimum atomic E-state index is 0.130. The quantitative estimate of drug-likeness (QED) is 0.818. The van der Waals surface area contributed by atoms with Crippen molar-refractivity contribution in [3.63, 3.8) is 0 Å². The van der Waals surface area contributed by atoms with Gasteiger partial charge in [-0.2, -0.15) is 0 Å². The Labute approximate surface area is 101 Å². The molecule has 1 heterocycles. The Balaban J connectivity index is 2.05. The summed E-state index contributed by atoms with van der Waals surface area (Å²) in [4.78, 5) is 12.1. The number of phenolic OH excluding ortho intramolecular Hbond substituents is 1. The predicted octanol–water partition coefficient (Wildman–Crippen LogP) is 2.70. The lowest BCUT2D eigenvalue weighted by atomic mass is 9.90. The van der Waals surface area contributed by atoms with Crippen LogP contribution in [0.5, 0.6) is 5.75 Å². The first kappa shape index (κ1) is 12.1. The van der Waals surface area contributed by atoms with E-state index in [2.05, 4.69) is 0 Å². The van der Waals surface area contributed by atoms with Crippen LogP contribution in [0.15, 0.2) is 18.2 Å². The molecule has 92 valence electrons. The van der Waals surface area contributed by atoms with E-state index in [0.29, 0.717) is 17.9 Å². The van der Waals surface area contributed by atoms with Crippen LogP contribution >= 0.6 is 0 Å². The molecule has 1 aromatic carbocycles. The highest BCUT2D eigenvalue weighted by Crippen LogP contribution is 2.23. The predicted molar refractivity (Wildman–Crippen MR) is 65.3 cm³/mol. The highest BCUT2D eigenvalue weighted by molar-refractivity contribution is 5.97. The first-order chi connectivity index (χ1) is 8.16. The fourth-order valence-corrected chi connectivity index (χ4v) is 2.23. The molecule has 0 atom stereocenters. The molecule has 0 aliphatic carbocycles. The zero-order valence-corrected chi connectivity index (χ0v) is 10.1. The number of carbonyl (C=O) groups is 1. The highest BCUT2D eigenvalue weighted by atomic mass is 16.5. The number of Topliss-reactive ketones (excluding diaryl/α,β-unsaturated/α-hetero) is 1. The second kappa shape index (κ2) is 5.32. The molecule has 1 aromatic rings. The average Bonchev–Trinajstić information content (AvgIpc) is 2.33. The van der Waals surface area contributed by atoms with Crippen LogP contribution in [0.2, 0.25) is 0 Å². The van der Waals surface area contributed by atoms with Crippen molar-refractivity contribution < 1.29 is 14.6 Å². The second-order valence-electron chi connectivity index (χ2n) is 4.68. The minimum Gasteiger partial charge on any atom is -0.508 e. The smallest absolute Gasteiger partial charge is 0.163 e. The summed E-state index contributed by atoms with van der Waals surface area (Å²) in [5.74, 6) is 0.717. The molecule has 1 aliphatic heterocycles. The lowest BCUT2D eigenvalue weighted by Gasteiger charge is -2.21. The molecule has 3 nitrogen and oxygen atoms in total. The van der Waals surface area contributed by atoms with E-state index in [1.54, 1.807) is 18.2 Å². The van der Waals surface area contributed by atoms with Crippen molar-refractivity contribution in [2.75, 3.05) is 13.2 Å². The number of ether oxygens (including phenoxy) is 1. The minimum absolute atomic E-state index is 0.130. The van der Waals surface area contributed by atoms with Gasteiger partial charge in [0.05, 0.1) is 0 Å². The van der Waals surface area contributed by atoms with E-state index in [4.69, 9.17) is 4.74 Å². The van der Waals surface area contributed by atoms with Crippen molar-refractivity contribution in [3.05, 3.63) is 29.3 Å². The summed E-state index contributed by atoms with van der Waals surface area (Å²) >= 11 is 0. The molecule has 1 N–H and O–H groups in total. The lowest BCUT2D eigenvalue weighted by Crippen LogP contribution is -2.19. The maximum absolute atomic E-state index is 12.1. The summed E-state index contributed by atoms with van der Waals surface area (Å²) in [6.45, 7) is 3.42. The van der Waals surface area contributed by atoms with E-state index in [1.807, 2.05) is 6.92 Å². The highest BCUT2D eigenvalue weighted by Gasteiger charge is 2.19. The third kappa shape index (κ3) is 3.07. The van der Waals surface area contributed by atoms with Crippen molar-refractivity contribution in [2.45, 2.75) is 26.2 Å². The maximum atomic E-state index is 12.1. The summed E-state index contributed by atoms with van der Waals surface area (Å²) < 4.78 is 5.28. The van der Waals surface area contributed by atoms with Crippen LogP contribution in [0.4, 0.5) is 0 Å². The largest absolute Gasteiger partial charge is 0.508 e. The van der Waals surface area contributed by atoms with E-state index < -0.39 is 0 Å². The molecule has 17 heavy (non-hydrogen) atoms. The number of rotatable bonds is 3. The second-order valence-corrected chi connectivity index (χ2v) is 4.68. The van der Waals surface area contributed by atoms with Gasteiger partial charge in [-0.3, -0.25) is 4.79 Å². The van der Waals surface area contributed by atoms with Crippen LogP contribution < -0.4 is 0 Å². The van der Waals surface area contributed by atoms with Crippen LogP contribution in [-0.2, 0) is 4.74 Å². The van der Waals surface area contributed by atoms with Gasteiger partial charge < -0.3 is 9.84 Å². The van der Waals surface area contributed by atoms with Crippen molar-refractivity contribution >= 4 is 5.78 Å². The normalized spacial score (nSPS) is 17.0. The van der Waals surface area contributed by atoms with E-state index in [9.17, 15) is 9.90 Å². The Hall–Kier alpha value is -1.35. The summed E-state index contributed by atoms with van der Waals surface area (Å²) in [6.07, 6.45) is 2.49. The van der Waals surface area contributed by atoms with Gasteiger partial charge in [-0.05, 0) is 43.4 Å². The van der Waals surface area contributed by atoms with Gasteiger partial charge in [0, 0.05) is 25.2 Å². The van der Waals surface area contributed by atoms with Crippen LogP contribution in [-0.4, -0.2) is 24.1 Å². The van der Waals surface area contributed by atoms with E-state index in [0.717, 1.165) is 31.6 Å². The Morgan fingerprint density at radius 1 is 1.41 bits per heavy atom. The van der Waals surface area contributed by atoms with Gasteiger partial charge >= 0.3 is 0 Å². The molecule has 1 fully saturated rings. The van der Waals surface area contributed by atoms with Gasteiger partial charge in [0.2, 0.25) is 0 Å². The van der Waals surface area contributed by atoms with Gasteiger partial charge in [-0.1, -0.05) is 6.07 Å². The molecule has 0 unspecified atom stereocenters. The number of hydrogen-bond donors (Lipinski definition) is 1. The van der Waals surface area contributed by atoms with Gasteiger partial charge in [0.15, 0.2) is 5.78 Å². The standard InChI is InChI=1S/C14H18O3/c1-10-2-3-12(15)9-13(10)14(16)8-11-4-6-17-7-5-11/h2-3,9,11,15H,4-8H2,1H3. The van der Waals surface area contributed by atoms with E-state index >= 15 is 0 Å². The first-order valence-electron chi connectivity index (χ1n) is 6.07. The van der Waals surface area contributed by atoms with Crippen LogP contribution in [0.25, 0.3) is 0 Å². The summed E-state index contributed by atoms with van der Waals surface area (Å²) in [6, 6.07) is 4.96. The Morgan fingerprint density at radius 2 is 2.12 bits per heavy atom. The van der Waals surface area contributed by atoms with Crippen molar-refractivity contribution in [2.24, 2.45) is 5.92 Å². The van der Waals surface area contributed by atoms with Gasteiger partial charge in [-0.25, -0.2) is 0 Å². The summed E-state index contributed by atoms with van der Waals surface area (Å²) in [5.41, 5.74) is 1.58. The molecule has 2 rings (SSSR count). The molecule has 0 radical (unpaired) electrons. The number of aryl methyl sites for hydroxylation is 1. The van der Waals surface area contributed by atoms with E-state index in [-0.39, 0.29) is 11.5 Å².